The Balaban J connectivity index is 0.000000686. The third-order valence-electron chi connectivity index (χ3n) is 2.25. The zero-order valence-electron chi connectivity index (χ0n) is 9.62. The van der Waals surface area contributed by atoms with E-state index in [0.717, 1.165) is 6.08 Å². The smallest absolute Gasteiger partial charge is 0.392 e. The number of hydrogen-bond acceptors (Lipinski definition) is 3. The van der Waals surface area contributed by atoms with Crippen LogP contribution < -0.4 is 5.43 Å². The van der Waals surface area contributed by atoms with Crippen LogP contribution in [0.3, 0.4) is 0 Å². The summed E-state index contributed by atoms with van der Waals surface area (Å²) >= 11 is 0. The second-order valence-corrected chi connectivity index (χ2v) is 3.26. The van der Waals surface area contributed by atoms with Gasteiger partial charge in [0, 0.05) is 11.8 Å². The van der Waals surface area contributed by atoms with Gasteiger partial charge in [-0.1, -0.05) is 19.9 Å². The lowest BCUT2D eigenvalue weighted by molar-refractivity contribution is -0.148. The molecule has 96 valence electrons. The van der Waals surface area contributed by atoms with Crippen LogP contribution in [0.2, 0.25) is 0 Å². The molecular weight excluding hydrogens is 233 g/mol. The molecule has 0 saturated carbocycles. The number of fused-ring (bicyclic) bond motifs is 1. The van der Waals surface area contributed by atoms with Crippen molar-refractivity contribution in [3.63, 3.8) is 0 Å². The van der Waals surface area contributed by atoms with Gasteiger partial charge in [-0.2, -0.15) is 13.2 Å². The Labute approximate surface area is 97.9 Å². The Morgan fingerprint density at radius 3 is 2.59 bits per heavy atom. The third-order valence-corrected chi connectivity index (χ3v) is 2.25. The molecule has 0 aromatic rings. The number of aliphatic hydroxyl groups excluding tert-OH is 1. The number of rotatable bonds is 1. The molecule has 0 spiro atoms. The molecule has 1 unspecified atom stereocenters. The van der Waals surface area contributed by atoms with E-state index in [9.17, 15) is 13.2 Å². The van der Waals surface area contributed by atoms with Gasteiger partial charge in [0.1, 0.15) is 6.04 Å². The second-order valence-electron chi connectivity index (χ2n) is 3.26. The summed E-state index contributed by atoms with van der Waals surface area (Å²) < 4.78 is 37.2. The number of aliphatic hydroxyl groups is 1. The van der Waals surface area contributed by atoms with E-state index in [0.29, 0.717) is 11.3 Å². The highest BCUT2D eigenvalue weighted by molar-refractivity contribution is 5.40. The summed E-state index contributed by atoms with van der Waals surface area (Å²) in [7, 11) is 0. The lowest BCUT2D eigenvalue weighted by Crippen LogP contribution is -2.42. The van der Waals surface area contributed by atoms with Crippen molar-refractivity contribution in [1.82, 2.24) is 10.4 Å². The first-order valence-corrected chi connectivity index (χ1v) is 5.35. The fourth-order valence-electron chi connectivity index (χ4n) is 1.51. The van der Waals surface area contributed by atoms with Gasteiger partial charge in [0.25, 0.3) is 0 Å². The van der Waals surface area contributed by atoms with Crippen molar-refractivity contribution in [1.29, 1.82) is 0 Å². The molecule has 2 heterocycles. The lowest BCUT2D eigenvalue weighted by atomic mass is 10.1. The zero-order valence-corrected chi connectivity index (χ0v) is 9.62. The van der Waals surface area contributed by atoms with E-state index in [2.05, 4.69) is 5.43 Å². The van der Waals surface area contributed by atoms with Gasteiger partial charge in [0.15, 0.2) is 0 Å². The molecule has 2 rings (SSSR count). The third kappa shape index (κ3) is 2.89. The molecule has 0 fully saturated rings. The van der Waals surface area contributed by atoms with E-state index in [1.54, 1.807) is 12.2 Å². The van der Waals surface area contributed by atoms with Crippen LogP contribution in [0.1, 0.15) is 13.8 Å². The first-order valence-electron chi connectivity index (χ1n) is 5.35. The van der Waals surface area contributed by atoms with Crippen LogP contribution in [0.4, 0.5) is 13.2 Å². The molecule has 17 heavy (non-hydrogen) atoms. The van der Waals surface area contributed by atoms with E-state index in [4.69, 9.17) is 5.11 Å². The normalized spacial score (nSPS) is 22.5. The predicted octanol–water partition coefficient (Wildman–Crippen LogP) is 2.09. The summed E-state index contributed by atoms with van der Waals surface area (Å²) in [6.45, 7) is 3.72. The largest absolute Gasteiger partial charge is 0.409 e. The predicted molar refractivity (Wildman–Crippen MR) is 58.6 cm³/mol. The molecule has 6 heteroatoms. The Kier molecular flexibility index (Phi) is 4.36. The minimum Gasteiger partial charge on any atom is -0.392 e. The Bertz CT molecular complexity index is 358. The highest BCUT2D eigenvalue weighted by Crippen LogP contribution is 2.31. The standard InChI is InChI=1S/C9H9F3N2O.C2H6/c10-9(11,12)8-4-7-6(5-15)2-1-3-14(7)13-8;1-2/h1-4,8,13,15H,5H2;1-2H3. The molecule has 0 bridgehead atoms. The summed E-state index contributed by atoms with van der Waals surface area (Å²) in [6, 6.07) is -1.69. The van der Waals surface area contributed by atoms with Gasteiger partial charge in [-0.15, -0.1) is 0 Å². The van der Waals surface area contributed by atoms with E-state index >= 15 is 0 Å². The molecule has 0 radical (unpaired) electrons. The zero-order chi connectivity index (χ0) is 13.1. The van der Waals surface area contributed by atoms with Crippen LogP contribution in [-0.2, 0) is 0 Å². The summed E-state index contributed by atoms with van der Waals surface area (Å²) in [5, 5.41) is 10.2. The van der Waals surface area contributed by atoms with Crippen molar-refractivity contribution >= 4 is 0 Å². The van der Waals surface area contributed by atoms with Crippen molar-refractivity contribution in [2.24, 2.45) is 0 Å². The molecule has 0 aliphatic carbocycles. The maximum Gasteiger partial charge on any atom is 0.409 e. The average Bonchev–Trinajstić information content (AvgIpc) is 2.74. The molecule has 0 aromatic carbocycles. The van der Waals surface area contributed by atoms with Crippen LogP contribution in [0.5, 0.6) is 0 Å². The van der Waals surface area contributed by atoms with Crippen LogP contribution in [0.15, 0.2) is 35.7 Å². The van der Waals surface area contributed by atoms with Gasteiger partial charge < -0.3 is 5.11 Å². The molecule has 0 aromatic heterocycles. The molecule has 1 atom stereocenters. The van der Waals surface area contributed by atoms with Crippen molar-refractivity contribution < 1.29 is 18.3 Å². The molecule has 2 aliphatic heterocycles. The van der Waals surface area contributed by atoms with Crippen molar-refractivity contribution in [2.75, 3.05) is 6.61 Å². The molecule has 2 aliphatic rings. The molecule has 3 nitrogen and oxygen atoms in total. The Morgan fingerprint density at radius 2 is 2.06 bits per heavy atom. The number of nitrogens with zero attached hydrogens (tertiary/aromatic N) is 1. The van der Waals surface area contributed by atoms with Gasteiger partial charge in [-0.25, -0.2) is 5.43 Å². The summed E-state index contributed by atoms with van der Waals surface area (Å²) in [5.41, 5.74) is 3.11. The molecular formula is C11H15F3N2O. The van der Waals surface area contributed by atoms with Gasteiger partial charge in [0.05, 0.1) is 12.3 Å². The van der Waals surface area contributed by atoms with Gasteiger partial charge in [0.2, 0.25) is 0 Å². The lowest BCUT2D eigenvalue weighted by Gasteiger charge is -2.23. The highest BCUT2D eigenvalue weighted by atomic mass is 19.4. The number of alkyl halides is 3. The Morgan fingerprint density at radius 1 is 1.41 bits per heavy atom. The quantitative estimate of drug-likeness (QED) is 0.746. The van der Waals surface area contributed by atoms with E-state index in [1.807, 2.05) is 13.8 Å². The fraction of sp³-hybridized carbons (Fsp3) is 0.455. The number of halogens is 3. The molecule has 2 N–H and O–H groups in total. The SMILES string of the molecule is CC.OCC1=CC=CN2NC(C(F)(F)F)C=C12. The van der Waals surface area contributed by atoms with Gasteiger partial charge in [-0.05, 0) is 12.2 Å². The van der Waals surface area contributed by atoms with E-state index < -0.39 is 12.2 Å². The van der Waals surface area contributed by atoms with Gasteiger partial charge >= 0.3 is 6.18 Å². The summed E-state index contributed by atoms with van der Waals surface area (Å²) in [5.74, 6) is 0. The minimum absolute atomic E-state index is 0.279. The van der Waals surface area contributed by atoms with Crippen molar-refractivity contribution in [3.8, 4) is 0 Å². The summed E-state index contributed by atoms with van der Waals surface area (Å²) in [6.07, 6.45) is 1.39. The maximum atomic E-state index is 12.4. The molecule has 0 saturated heterocycles. The van der Waals surface area contributed by atoms with Crippen LogP contribution in [0.25, 0.3) is 0 Å². The Hall–Kier alpha value is -1.27. The second kappa shape index (κ2) is 5.37. The number of allylic oxidation sites excluding steroid dienone is 2. The molecule has 0 amide bonds. The van der Waals surface area contributed by atoms with E-state index in [1.165, 1.54) is 11.2 Å². The number of hydrogen-bond donors (Lipinski definition) is 2. The fourth-order valence-corrected chi connectivity index (χ4v) is 1.51. The van der Waals surface area contributed by atoms with Crippen LogP contribution in [-0.4, -0.2) is 28.9 Å². The van der Waals surface area contributed by atoms with Crippen LogP contribution >= 0.6 is 0 Å². The van der Waals surface area contributed by atoms with Gasteiger partial charge in [-0.3, -0.25) is 5.01 Å². The summed E-state index contributed by atoms with van der Waals surface area (Å²) in [4.78, 5) is 0. The van der Waals surface area contributed by atoms with Crippen LogP contribution in [0, 0.1) is 0 Å². The maximum absolute atomic E-state index is 12.4. The highest BCUT2D eigenvalue weighted by Gasteiger charge is 2.43. The van der Waals surface area contributed by atoms with E-state index in [-0.39, 0.29) is 6.61 Å². The first-order chi connectivity index (χ1) is 8.02. The number of nitrogens with one attached hydrogen (secondary N) is 1. The first kappa shape index (κ1) is 13.8. The number of hydrazine groups is 1. The minimum atomic E-state index is -4.32. The average molecular weight is 248 g/mol. The monoisotopic (exact) mass is 248 g/mol. The van der Waals surface area contributed by atoms with Crippen molar-refractivity contribution in [3.05, 3.63) is 35.7 Å². The van der Waals surface area contributed by atoms with Crippen molar-refractivity contribution in [2.45, 2.75) is 26.1 Å². The topological polar surface area (TPSA) is 35.5 Å².